The molecule has 0 unspecified atom stereocenters. The van der Waals surface area contributed by atoms with Crippen LogP contribution >= 0.6 is 47.8 Å². The van der Waals surface area contributed by atoms with Crippen LogP contribution in [-0.2, 0) is 4.79 Å². The zero-order valence-corrected chi connectivity index (χ0v) is 12.5. The van der Waals surface area contributed by atoms with E-state index in [2.05, 4.69) is 52.7 Å². The van der Waals surface area contributed by atoms with Gasteiger partial charge in [0.1, 0.15) is 0 Å². The number of anilines is 1. The van der Waals surface area contributed by atoms with E-state index >= 15 is 0 Å². The van der Waals surface area contributed by atoms with Gasteiger partial charge in [-0.2, -0.15) is 0 Å². The molecule has 0 bridgehead atoms. The first-order valence-electron chi connectivity index (χ1n) is 4.49. The van der Waals surface area contributed by atoms with Crippen molar-refractivity contribution in [3.05, 3.63) is 25.6 Å². The maximum Gasteiger partial charge on any atom is 0.153 e. The molecule has 1 heterocycles. The number of carbonyl (C=O) groups excluding carboxylic acids is 1. The van der Waals surface area contributed by atoms with Crippen LogP contribution in [0.1, 0.15) is 6.42 Å². The Hall–Kier alpha value is 0.130. The molecule has 0 N–H and O–H groups in total. The molecule has 80 valence electrons. The fourth-order valence-electron chi connectivity index (χ4n) is 1.66. The number of ketones is 1. The van der Waals surface area contributed by atoms with Crippen LogP contribution in [0.4, 0.5) is 5.69 Å². The van der Waals surface area contributed by atoms with Gasteiger partial charge in [-0.25, -0.2) is 0 Å². The molecule has 2 rings (SSSR count). The summed E-state index contributed by atoms with van der Waals surface area (Å²) in [6.07, 6.45) is 0.648. The van der Waals surface area contributed by atoms with Crippen LogP contribution in [0.3, 0.4) is 0 Å². The average Bonchev–Trinajstić information content (AvgIpc) is 2.49. The second kappa shape index (κ2) is 4.55. The third kappa shape index (κ3) is 2.45. The number of benzene rings is 1. The minimum atomic E-state index is 0.303. The van der Waals surface area contributed by atoms with Gasteiger partial charge in [-0.05, 0) is 44.0 Å². The van der Waals surface area contributed by atoms with Crippen molar-refractivity contribution in [3.8, 4) is 0 Å². The van der Waals surface area contributed by atoms with Gasteiger partial charge in [0, 0.05) is 26.4 Å². The van der Waals surface area contributed by atoms with Crippen LogP contribution in [0, 0.1) is 0 Å². The highest BCUT2D eigenvalue weighted by Crippen LogP contribution is 2.38. The fraction of sp³-hybridized carbons (Fsp3) is 0.300. The summed E-state index contributed by atoms with van der Waals surface area (Å²) in [5.41, 5.74) is 1.06. The van der Waals surface area contributed by atoms with Crippen molar-refractivity contribution in [3.63, 3.8) is 0 Å². The first-order valence-corrected chi connectivity index (χ1v) is 6.87. The van der Waals surface area contributed by atoms with Crippen molar-refractivity contribution < 1.29 is 4.79 Å². The van der Waals surface area contributed by atoms with Crippen LogP contribution in [0.5, 0.6) is 0 Å². The third-order valence-corrected chi connectivity index (χ3v) is 3.99. The van der Waals surface area contributed by atoms with Gasteiger partial charge in [0.2, 0.25) is 0 Å². The second-order valence-electron chi connectivity index (χ2n) is 3.43. The lowest BCUT2D eigenvalue weighted by molar-refractivity contribution is -0.116. The number of halogens is 3. The highest BCUT2D eigenvalue weighted by atomic mass is 79.9. The normalized spacial score (nSPS) is 16.2. The summed E-state index contributed by atoms with van der Waals surface area (Å²) in [6.45, 7) is 1.32. The predicted octanol–water partition coefficient (Wildman–Crippen LogP) is 3.75. The minimum absolute atomic E-state index is 0.303. The molecule has 2 nitrogen and oxygen atoms in total. The van der Waals surface area contributed by atoms with Gasteiger partial charge >= 0.3 is 0 Å². The molecule has 0 radical (unpaired) electrons. The molecule has 1 aliphatic rings. The van der Waals surface area contributed by atoms with Crippen molar-refractivity contribution in [1.29, 1.82) is 0 Å². The largest absolute Gasteiger partial charge is 0.362 e. The van der Waals surface area contributed by atoms with Crippen molar-refractivity contribution in [1.82, 2.24) is 0 Å². The Morgan fingerprint density at radius 3 is 2.20 bits per heavy atom. The van der Waals surface area contributed by atoms with E-state index in [0.717, 1.165) is 25.7 Å². The molecule has 1 aromatic carbocycles. The summed E-state index contributed by atoms with van der Waals surface area (Å²) in [5.74, 6) is 0.303. The minimum Gasteiger partial charge on any atom is -0.362 e. The number of rotatable bonds is 1. The van der Waals surface area contributed by atoms with E-state index in [1.807, 2.05) is 12.1 Å². The highest BCUT2D eigenvalue weighted by Gasteiger charge is 2.23. The maximum atomic E-state index is 11.2. The van der Waals surface area contributed by atoms with Crippen LogP contribution < -0.4 is 4.90 Å². The van der Waals surface area contributed by atoms with Gasteiger partial charge in [0.25, 0.3) is 0 Å². The third-order valence-electron chi connectivity index (χ3n) is 2.33. The monoisotopic (exact) mass is 395 g/mol. The summed E-state index contributed by atoms with van der Waals surface area (Å²) >= 11 is 10.5. The first kappa shape index (κ1) is 11.6. The molecule has 0 saturated carbocycles. The molecule has 0 aromatic heterocycles. The zero-order chi connectivity index (χ0) is 11.0. The molecule has 15 heavy (non-hydrogen) atoms. The summed E-state index contributed by atoms with van der Waals surface area (Å²) in [7, 11) is 0. The Labute approximate surface area is 113 Å². The van der Waals surface area contributed by atoms with E-state index in [0.29, 0.717) is 18.7 Å². The molecule has 1 fully saturated rings. The molecular weight excluding hydrogens is 390 g/mol. The predicted molar refractivity (Wildman–Crippen MR) is 71.4 cm³/mol. The molecule has 0 spiro atoms. The van der Waals surface area contributed by atoms with Gasteiger partial charge < -0.3 is 4.90 Å². The van der Waals surface area contributed by atoms with Gasteiger partial charge in [0.15, 0.2) is 5.78 Å². The summed E-state index contributed by atoms with van der Waals surface area (Å²) in [5, 5.41) is 0. The molecule has 0 amide bonds. The second-order valence-corrected chi connectivity index (χ2v) is 6.05. The molecule has 1 saturated heterocycles. The molecule has 0 atom stereocenters. The van der Waals surface area contributed by atoms with Gasteiger partial charge in [-0.1, -0.05) is 15.9 Å². The molecular formula is C10H8Br3NO. The molecule has 0 aliphatic carbocycles. The van der Waals surface area contributed by atoms with Crippen LogP contribution in [0.25, 0.3) is 0 Å². The standard InChI is InChI=1S/C10H8Br3NO/c11-6-3-8(12)10(9(13)4-6)14-2-1-7(15)5-14/h3-4H,1-2,5H2. The zero-order valence-electron chi connectivity index (χ0n) is 7.77. The lowest BCUT2D eigenvalue weighted by atomic mass is 10.3. The first-order chi connectivity index (χ1) is 7.08. The topological polar surface area (TPSA) is 20.3 Å². The maximum absolute atomic E-state index is 11.2. The lowest BCUT2D eigenvalue weighted by Crippen LogP contribution is -2.20. The quantitative estimate of drug-likeness (QED) is 0.719. The Bertz CT molecular complexity index is 396. The van der Waals surface area contributed by atoms with E-state index in [1.165, 1.54) is 0 Å². The number of Topliss-reactive ketones (excluding diaryl/α,β-unsaturated/α-hetero) is 1. The molecule has 1 aliphatic heterocycles. The van der Waals surface area contributed by atoms with Crippen molar-refractivity contribution in [2.75, 3.05) is 18.0 Å². The van der Waals surface area contributed by atoms with Crippen molar-refractivity contribution >= 4 is 59.3 Å². The fourth-order valence-corrected chi connectivity index (χ4v) is 4.42. The van der Waals surface area contributed by atoms with Gasteiger partial charge in [-0.3, -0.25) is 4.79 Å². The number of carbonyl (C=O) groups is 1. The lowest BCUT2D eigenvalue weighted by Gasteiger charge is -2.20. The summed E-state index contributed by atoms with van der Waals surface area (Å²) in [4.78, 5) is 13.3. The Kier molecular flexibility index (Phi) is 3.52. The van der Waals surface area contributed by atoms with E-state index in [1.54, 1.807) is 0 Å². The van der Waals surface area contributed by atoms with E-state index < -0.39 is 0 Å². The number of nitrogens with zero attached hydrogens (tertiary/aromatic N) is 1. The van der Waals surface area contributed by atoms with E-state index in [-0.39, 0.29) is 0 Å². The Morgan fingerprint density at radius 2 is 1.73 bits per heavy atom. The van der Waals surface area contributed by atoms with Crippen molar-refractivity contribution in [2.24, 2.45) is 0 Å². The number of hydrogen-bond donors (Lipinski definition) is 0. The summed E-state index contributed by atoms with van der Waals surface area (Å²) in [6, 6.07) is 3.98. The molecule has 1 aromatic rings. The Morgan fingerprint density at radius 1 is 1.13 bits per heavy atom. The number of hydrogen-bond acceptors (Lipinski definition) is 2. The highest BCUT2D eigenvalue weighted by molar-refractivity contribution is 9.11. The van der Waals surface area contributed by atoms with E-state index in [9.17, 15) is 4.79 Å². The van der Waals surface area contributed by atoms with Crippen LogP contribution in [0.2, 0.25) is 0 Å². The van der Waals surface area contributed by atoms with Crippen LogP contribution in [-0.4, -0.2) is 18.9 Å². The summed E-state index contributed by atoms with van der Waals surface area (Å²) < 4.78 is 3.01. The smallest absolute Gasteiger partial charge is 0.153 e. The van der Waals surface area contributed by atoms with E-state index in [4.69, 9.17) is 0 Å². The molecule has 5 heteroatoms. The Balaban J connectivity index is 2.39. The van der Waals surface area contributed by atoms with Crippen LogP contribution in [0.15, 0.2) is 25.6 Å². The van der Waals surface area contributed by atoms with Gasteiger partial charge in [-0.15, -0.1) is 0 Å². The average molecular weight is 398 g/mol. The SMILES string of the molecule is O=C1CCN(c2c(Br)cc(Br)cc2Br)C1. The van der Waals surface area contributed by atoms with Gasteiger partial charge in [0.05, 0.1) is 12.2 Å². The van der Waals surface area contributed by atoms with Crippen molar-refractivity contribution in [2.45, 2.75) is 6.42 Å².